The zero-order chi connectivity index (χ0) is 22.4. The van der Waals surface area contributed by atoms with Crippen LogP contribution < -0.4 is 8.92 Å². The molecule has 1 fully saturated rings. The fourth-order valence-corrected chi connectivity index (χ4v) is 4.22. The zero-order valence-electron chi connectivity index (χ0n) is 18.3. The van der Waals surface area contributed by atoms with Crippen molar-refractivity contribution < 1.29 is 22.1 Å². The topological polar surface area (TPSA) is 76.2 Å². The minimum atomic E-state index is -3.94. The van der Waals surface area contributed by atoms with Crippen molar-refractivity contribution >= 4 is 16.0 Å². The Kier molecular flexibility index (Phi) is 7.56. The molecule has 0 saturated heterocycles. The van der Waals surface area contributed by atoms with Gasteiger partial charge in [0.25, 0.3) is 0 Å². The second kappa shape index (κ2) is 10.2. The molecular formula is C23H30N2O5S. The first-order valence-corrected chi connectivity index (χ1v) is 11.8. The Morgan fingerprint density at radius 2 is 1.58 bits per heavy atom. The number of nitrogens with zero attached hydrogens (tertiary/aromatic N) is 2. The summed E-state index contributed by atoms with van der Waals surface area (Å²) in [5.41, 5.74) is 0.931. The Hall–Kier alpha value is -2.58. The number of carbonyl (C=O) groups excluding carboxylic acids is 1. The predicted molar refractivity (Wildman–Crippen MR) is 119 cm³/mol. The summed E-state index contributed by atoms with van der Waals surface area (Å²) in [5.74, 6) is 1.14. The first-order valence-electron chi connectivity index (χ1n) is 10.4. The molecule has 0 N–H and O–H groups in total. The summed E-state index contributed by atoms with van der Waals surface area (Å²) in [5, 5.41) is 0. The molecule has 1 amide bonds. The van der Waals surface area contributed by atoms with Crippen molar-refractivity contribution in [2.24, 2.45) is 5.92 Å². The van der Waals surface area contributed by atoms with Crippen LogP contribution in [0, 0.1) is 5.92 Å². The fraction of sp³-hybridized carbons (Fsp3) is 0.435. The van der Waals surface area contributed by atoms with Gasteiger partial charge >= 0.3 is 10.1 Å². The number of likely N-dealkylation sites (N-methyl/N-ethyl adjacent to an activating group) is 1. The number of benzene rings is 2. The second-order valence-electron chi connectivity index (χ2n) is 8.05. The van der Waals surface area contributed by atoms with Crippen molar-refractivity contribution in [3.05, 3.63) is 54.1 Å². The van der Waals surface area contributed by atoms with E-state index in [4.69, 9.17) is 8.92 Å². The van der Waals surface area contributed by atoms with E-state index in [1.165, 1.54) is 19.2 Å². The molecule has 0 atom stereocenters. The highest BCUT2D eigenvalue weighted by molar-refractivity contribution is 7.87. The van der Waals surface area contributed by atoms with Crippen molar-refractivity contribution in [3.8, 4) is 11.5 Å². The third kappa shape index (κ3) is 6.21. The lowest BCUT2D eigenvalue weighted by molar-refractivity contribution is -0.139. The summed E-state index contributed by atoms with van der Waals surface area (Å²) < 4.78 is 35.3. The molecule has 0 aliphatic heterocycles. The molecule has 0 spiro atoms. The molecular weight excluding hydrogens is 416 g/mol. The molecule has 1 aliphatic rings. The number of carbonyl (C=O) groups is 1. The Morgan fingerprint density at radius 3 is 2.10 bits per heavy atom. The molecule has 0 aromatic heterocycles. The van der Waals surface area contributed by atoms with Crippen molar-refractivity contribution in [2.75, 3.05) is 34.3 Å². The van der Waals surface area contributed by atoms with E-state index in [2.05, 4.69) is 4.90 Å². The van der Waals surface area contributed by atoms with Crippen LogP contribution in [0.4, 0.5) is 0 Å². The van der Waals surface area contributed by atoms with Gasteiger partial charge in [-0.3, -0.25) is 4.79 Å². The molecule has 7 nitrogen and oxygen atoms in total. The zero-order valence-corrected chi connectivity index (χ0v) is 19.1. The Morgan fingerprint density at radius 1 is 0.968 bits per heavy atom. The highest BCUT2D eigenvalue weighted by atomic mass is 32.2. The molecule has 0 radical (unpaired) electrons. The van der Waals surface area contributed by atoms with Crippen molar-refractivity contribution in [3.63, 3.8) is 0 Å². The average molecular weight is 447 g/mol. The average Bonchev–Trinajstić information content (AvgIpc) is 2.70. The summed E-state index contributed by atoms with van der Waals surface area (Å²) in [6.45, 7) is 1.95. The second-order valence-corrected chi connectivity index (χ2v) is 9.59. The maximum absolute atomic E-state index is 12.8. The highest BCUT2D eigenvalue weighted by Crippen LogP contribution is 2.29. The summed E-state index contributed by atoms with van der Waals surface area (Å²) in [4.78, 5) is 16.8. The smallest absolute Gasteiger partial charge is 0.339 e. The molecule has 2 aromatic rings. The standard InChI is InChI=1S/C23H30N2O5S/c1-24(2)15-16-25(23(26)19-5-4-6-19)17-18-7-9-21(10-8-18)30-31(27,28)22-13-11-20(29-3)12-14-22/h7-14,19H,4-6,15-17H2,1-3H3. The van der Waals surface area contributed by atoms with Gasteiger partial charge < -0.3 is 18.7 Å². The number of methoxy groups -OCH3 is 1. The van der Waals surface area contributed by atoms with Crippen LogP contribution >= 0.6 is 0 Å². The lowest BCUT2D eigenvalue weighted by atomic mass is 9.84. The van der Waals surface area contributed by atoms with Gasteiger partial charge in [-0.15, -0.1) is 0 Å². The van der Waals surface area contributed by atoms with Gasteiger partial charge in [-0.1, -0.05) is 18.6 Å². The molecule has 0 unspecified atom stereocenters. The maximum Gasteiger partial charge on any atom is 0.339 e. The monoisotopic (exact) mass is 446 g/mol. The van der Waals surface area contributed by atoms with Gasteiger partial charge in [-0.2, -0.15) is 8.42 Å². The summed E-state index contributed by atoms with van der Waals surface area (Å²) in [6, 6.07) is 12.9. The first kappa shape index (κ1) is 23.1. The first-order chi connectivity index (χ1) is 14.8. The van der Waals surface area contributed by atoms with Crippen LogP contribution in [0.25, 0.3) is 0 Å². The number of hydrogen-bond acceptors (Lipinski definition) is 6. The number of amides is 1. The van der Waals surface area contributed by atoms with Gasteiger partial charge in [0.1, 0.15) is 16.4 Å². The highest BCUT2D eigenvalue weighted by Gasteiger charge is 2.29. The molecule has 8 heteroatoms. The van der Waals surface area contributed by atoms with Crippen molar-refractivity contribution in [1.82, 2.24) is 9.80 Å². The van der Waals surface area contributed by atoms with E-state index in [0.29, 0.717) is 18.8 Å². The SMILES string of the molecule is COc1ccc(S(=O)(=O)Oc2ccc(CN(CCN(C)C)C(=O)C3CCC3)cc2)cc1. The Labute approximate surface area is 184 Å². The van der Waals surface area contributed by atoms with Gasteiger partial charge in [-0.25, -0.2) is 0 Å². The summed E-state index contributed by atoms with van der Waals surface area (Å²) >= 11 is 0. The lowest BCUT2D eigenvalue weighted by Gasteiger charge is -2.32. The molecule has 1 saturated carbocycles. The van der Waals surface area contributed by atoms with Gasteiger partial charge in [0.15, 0.2) is 0 Å². The summed E-state index contributed by atoms with van der Waals surface area (Å²) in [6.07, 6.45) is 3.05. The van der Waals surface area contributed by atoms with Crippen LogP contribution in [0.3, 0.4) is 0 Å². The van der Waals surface area contributed by atoms with Crippen LogP contribution in [0.15, 0.2) is 53.4 Å². The minimum absolute atomic E-state index is 0.0540. The number of ether oxygens (including phenoxy) is 1. The quantitative estimate of drug-likeness (QED) is 0.522. The van der Waals surface area contributed by atoms with Crippen molar-refractivity contribution in [1.29, 1.82) is 0 Å². The van der Waals surface area contributed by atoms with E-state index in [1.807, 2.05) is 19.0 Å². The van der Waals surface area contributed by atoms with Crippen LogP contribution in [0.5, 0.6) is 11.5 Å². The van der Waals surface area contributed by atoms with Gasteiger partial charge in [0.05, 0.1) is 7.11 Å². The molecule has 168 valence electrons. The number of hydrogen-bond donors (Lipinski definition) is 0. The van der Waals surface area contributed by atoms with Crippen LogP contribution in [-0.4, -0.2) is 58.4 Å². The third-order valence-corrected chi connectivity index (χ3v) is 6.70. The molecule has 3 rings (SSSR count). The molecule has 2 aromatic carbocycles. The molecule has 0 heterocycles. The minimum Gasteiger partial charge on any atom is -0.497 e. The molecule has 1 aliphatic carbocycles. The number of rotatable bonds is 10. The van der Waals surface area contributed by atoms with Crippen LogP contribution in [-0.2, 0) is 21.5 Å². The van der Waals surface area contributed by atoms with Crippen LogP contribution in [0.2, 0.25) is 0 Å². The van der Waals surface area contributed by atoms with E-state index in [1.54, 1.807) is 36.4 Å². The predicted octanol–water partition coefficient (Wildman–Crippen LogP) is 3.15. The Balaban J connectivity index is 1.66. The summed E-state index contributed by atoms with van der Waals surface area (Å²) in [7, 11) is 1.55. The van der Waals surface area contributed by atoms with E-state index < -0.39 is 10.1 Å². The third-order valence-electron chi connectivity index (χ3n) is 5.43. The maximum atomic E-state index is 12.8. The van der Waals surface area contributed by atoms with E-state index in [-0.39, 0.29) is 22.5 Å². The Bertz CT molecular complexity index is 968. The van der Waals surface area contributed by atoms with Gasteiger partial charge in [0, 0.05) is 25.6 Å². The van der Waals surface area contributed by atoms with Gasteiger partial charge in [-0.05, 0) is 68.9 Å². The van der Waals surface area contributed by atoms with E-state index in [9.17, 15) is 13.2 Å². The van der Waals surface area contributed by atoms with Gasteiger partial charge in [0.2, 0.25) is 5.91 Å². The van der Waals surface area contributed by atoms with Crippen LogP contribution in [0.1, 0.15) is 24.8 Å². The largest absolute Gasteiger partial charge is 0.497 e. The van der Waals surface area contributed by atoms with E-state index >= 15 is 0 Å². The molecule has 0 bridgehead atoms. The van der Waals surface area contributed by atoms with Crippen molar-refractivity contribution in [2.45, 2.75) is 30.7 Å². The molecule has 31 heavy (non-hydrogen) atoms. The normalized spacial score (nSPS) is 14.2. The lowest BCUT2D eigenvalue weighted by Crippen LogP contribution is -2.41. The van der Waals surface area contributed by atoms with E-state index in [0.717, 1.165) is 31.4 Å². The fourth-order valence-electron chi connectivity index (χ4n) is 3.29.